The molecule has 0 saturated heterocycles. The second kappa shape index (κ2) is 6.50. The van der Waals surface area contributed by atoms with Crippen LogP contribution in [-0.2, 0) is 4.79 Å². The van der Waals surface area contributed by atoms with E-state index in [4.69, 9.17) is 5.11 Å². The number of ketones is 1. The van der Waals surface area contributed by atoms with E-state index in [9.17, 15) is 4.79 Å². The molecule has 1 unspecified atom stereocenters. The minimum atomic E-state index is -0.125. The highest BCUT2D eigenvalue weighted by molar-refractivity contribution is 5.88. The van der Waals surface area contributed by atoms with Crippen molar-refractivity contribution < 1.29 is 9.90 Å². The first-order chi connectivity index (χ1) is 8.01. The Labute approximate surface area is 105 Å². The van der Waals surface area contributed by atoms with Crippen LogP contribution in [-0.4, -0.2) is 42.0 Å². The number of nitrogens with zero attached hydrogens (tertiary/aromatic N) is 1. The predicted molar refractivity (Wildman–Crippen MR) is 69.9 cm³/mol. The number of hydrogen-bond acceptors (Lipinski definition) is 3. The fourth-order valence-corrected chi connectivity index (χ4v) is 2.65. The molecule has 17 heavy (non-hydrogen) atoms. The van der Waals surface area contributed by atoms with Gasteiger partial charge in [-0.15, -0.1) is 0 Å². The van der Waals surface area contributed by atoms with Gasteiger partial charge in [0.1, 0.15) is 5.78 Å². The number of carbonyl (C=O) groups excluding carboxylic acids is 1. The maximum Gasteiger partial charge on any atom is 0.142 e. The molecule has 0 radical (unpaired) electrons. The van der Waals surface area contributed by atoms with Gasteiger partial charge in [0.25, 0.3) is 0 Å². The van der Waals surface area contributed by atoms with Crippen LogP contribution in [0.15, 0.2) is 0 Å². The topological polar surface area (TPSA) is 40.5 Å². The minimum absolute atomic E-state index is 0.125. The number of Topliss-reactive ketones (excluding diaryl/α,β-unsaturated/α-hetero) is 1. The Morgan fingerprint density at radius 2 is 2.12 bits per heavy atom. The van der Waals surface area contributed by atoms with Crippen molar-refractivity contribution >= 4 is 5.78 Å². The Hall–Kier alpha value is -0.410. The molecule has 100 valence electrons. The highest BCUT2D eigenvalue weighted by atomic mass is 16.3. The molecule has 3 heteroatoms. The molecule has 1 atom stereocenters. The molecule has 0 aromatic carbocycles. The van der Waals surface area contributed by atoms with Gasteiger partial charge in [-0.05, 0) is 25.8 Å². The van der Waals surface area contributed by atoms with Crippen LogP contribution in [0.3, 0.4) is 0 Å². The predicted octanol–water partition coefficient (Wildman–Crippen LogP) is 2.09. The van der Waals surface area contributed by atoms with Gasteiger partial charge in [-0.25, -0.2) is 0 Å². The average Bonchev–Trinajstić information content (AvgIpc) is 2.53. The summed E-state index contributed by atoms with van der Waals surface area (Å²) in [6.07, 6.45) is 4.33. The zero-order valence-electron chi connectivity index (χ0n) is 11.5. The third-order valence-corrected chi connectivity index (χ3v) is 3.88. The van der Waals surface area contributed by atoms with Gasteiger partial charge in [0, 0.05) is 24.4 Å². The molecule has 0 aliphatic heterocycles. The van der Waals surface area contributed by atoms with Gasteiger partial charge in [-0.1, -0.05) is 27.2 Å². The molecule has 0 aromatic heterocycles. The van der Waals surface area contributed by atoms with Crippen molar-refractivity contribution in [3.63, 3.8) is 0 Å². The van der Waals surface area contributed by atoms with Crippen molar-refractivity contribution in [1.82, 2.24) is 4.90 Å². The molecule has 0 bridgehead atoms. The number of rotatable bonds is 7. The SMILES string of the molecule is CCCCN(CCO)CC1CCC(C)(C)C1=O. The lowest BCUT2D eigenvalue weighted by molar-refractivity contribution is -0.128. The largest absolute Gasteiger partial charge is 0.395 e. The van der Waals surface area contributed by atoms with Gasteiger partial charge in [0.2, 0.25) is 0 Å². The first-order valence-electron chi connectivity index (χ1n) is 6.88. The lowest BCUT2D eigenvalue weighted by Gasteiger charge is -2.24. The number of aliphatic hydroxyl groups excluding tert-OH is 1. The van der Waals surface area contributed by atoms with E-state index in [0.717, 1.165) is 38.8 Å². The van der Waals surface area contributed by atoms with Crippen LogP contribution in [0.2, 0.25) is 0 Å². The van der Waals surface area contributed by atoms with Crippen LogP contribution < -0.4 is 0 Å². The number of carbonyl (C=O) groups is 1. The Morgan fingerprint density at radius 1 is 1.41 bits per heavy atom. The van der Waals surface area contributed by atoms with E-state index in [1.807, 2.05) is 0 Å². The standard InChI is InChI=1S/C14H27NO2/c1-4-5-8-15(9-10-16)11-12-6-7-14(2,3)13(12)17/h12,16H,4-11H2,1-3H3. The minimum Gasteiger partial charge on any atom is -0.395 e. The van der Waals surface area contributed by atoms with Gasteiger partial charge in [-0.2, -0.15) is 0 Å². The number of aliphatic hydroxyl groups is 1. The first kappa shape index (κ1) is 14.7. The number of unbranched alkanes of at least 4 members (excludes halogenated alkanes) is 1. The summed E-state index contributed by atoms with van der Waals surface area (Å²) in [6, 6.07) is 0. The normalized spacial score (nSPS) is 23.6. The third-order valence-electron chi connectivity index (χ3n) is 3.88. The monoisotopic (exact) mass is 241 g/mol. The summed E-state index contributed by atoms with van der Waals surface area (Å²) in [6.45, 7) is 9.00. The summed E-state index contributed by atoms with van der Waals surface area (Å²) in [5.41, 5.74) is -0.125. The molecule has 1 aliphatic rings. The second-order valence-electron chi connectivity index (χ2n) is 5.86. The fraction of sp³-hybridized carbons (Fsp3) is 0.929. The van der Waals surface area contributed by atoms with Crippen LogP contribution in [0.4, 0.5) is 0 Å². The van der Waals surface area contributed by atoms with Crippen molar-refractivity contribution in [3.8, 4) is 0 Å². The Morgan fingerprint density at radius 3 is 2.59 bits per heavy atom. The van der Waals surface area contributed by atoms with Gasteiger partial charge >= 0.3 is 0 Å². The van der Waals surface area contributed by atoms with Crippen LogP contribution in [0.25, 0.3) is 0 Å². The summed E-state index contributed by atoms with van der Waals surface area (Å²) in [4.78, 5) is 14.4. The summed E-state index contributed by atoms with van der Waals surface area (Å²) in [7, 11) is 0. The zero-order chi connectivity index (χ0) is 12.9. The molecule has 3 nitrogen and oxygen atoms in total. The molecule has 1 rings (SSSR count). The zero-order valence-corrected chi connectivity index (χ0v) is 11.5. The van der Waals surface area contributed by atoms with E-state index in [2.05, 4.69) is 25.7 Å². The summed E-state index contributed by atoms with van der Waals surface area (Å²) < 4.78 is 0. The summed E-state index contributed by atoms with van der Waals surface area (Å²) in [5.74, 6) is 0.602. The molecule has 1 aliphatic carbocycles. The maximum absolute atomic E-state index is 12.2. The van der Waals surface area contributed by atoms with Gasteiger partial charge < -0.3 is 10.0 Å². The van der Waals surface area contributed by atoms with Crippen LogP contribution >= 0.6 is 0 Å². The van der Waals surface area contributed by atoms with Crippen LogP contribution in [0.1, 0.15) is 46.5 Å². The number of hydrogen-bond donors (Lipinski definition) is 1. The fourth-order valence-electron chi connectivity index (χ4n) is 2.65. The molecule has 0 heterocycles. The quantitative estimate of drug-likeness (QED) is 0.742. The molecular weight excluding hydrogens is 214 g/mol. The highest BCUT2D eigenvalue weighted by Crippen LogP contribution is 2.37. The van der Waals surface area contributed by atoms with Crippen molar-refractivity contribution in [2.45, 2.75) is 46.5 Å². The van der Waals surface area contributed by atoms with E-state index in [0.29, 0.717) is 12.3 Å². The lowest BCUT2D eigenvalue weighted by atomic mass is 9.89. The van der Waals surface area contributed by atoms with Crippen molar-refractivity contribution in [2.75, 3.05) is 26.2 Å². The Kier molecular flexibility index (Phi) is 5.60. The van der Waals surface area contributed by atoms with E-state index in [1.165, 1.54) is 0 Å². The van der Waals surface area contributed by atoms with Crippen molar-refractivity contribution in [1.29, 1.82) is 0 Å². The highest BCUT2D eigenvalue weighted by Gasteiger charge is 2.40. The average molecular weight is 241 g/mol. The van der Waals surface area contributed by atoms with E-state index in [1.54, 1.807) is 0 Å². The molecule has 1 saturated carbocycles. The van der Waals surface area contributed by atoms with Crippen molar-refractivity contribution in [2.24, 2.45) is 11.3 Å². The van der Waals surface area contributed by atoms with Crippen molar-refractivity contribution in [3.05, 3.63) is 0 Å². The third kappa shape index (κ3) is 4.07. The molecule has 0 aromatic rings. The molecule has 1 N–H and O–H groups in total. The lowest BCUT2D eigenvalue weighted by Crippen LogP contribution is -2.36. The summed E-state index contributed by atoms with van der Waals surface area (Å²) in [5, 5.41) is 9.05. The smallest absolute Gasteiger partial charge is 0.142 e. The van der Waals surface area contributed by atoms with E-state index in [-0.39, 0.29) is 17.9 Å². The molecule has 0 amide bonds. The van der Waals surface area contributed by atoms with E-state index >= 15 is 0 Å². The summed E-state index contributed by atoms with van der Waals surface area (Å²) >= 11 is 0. The maximum atomic E-state index is 12.2. The molecular formula is C14H27NO2. The van der Waals surface area contributed by atoms with Crippen LogP contribution in [0.5, 0.6) is 0 Å². The van der Waals surface area contributed by atoms with Gasteiger partial charge in [-0.3, -0.25) is 4.79 Å². The Bertz CT molecular complexity index is 251. The van der Waals surface area contributed by atoms with E-state index < -0.39 is 0 Å². The van der Waals surface area contributed by atoms with Gasteiger partial charge in [0.15, 0.2) is 0 Å². The molecule has 1 fully saturated rings. The van der Waals surface area contributed by atoms with Crippen LogP contribution in [0, 0.1) is 11.3 Å². The Balaban J connectivity index is 2.47. The molecule has 0 spiro atoms. The second-order valence-corrected chi connectivity index (χ2v) is 5.86. The first-order valence-corrected chi connectivity index (χ1v) is 6.88. The van der Waals surface area contributed by atoms with Gasteiger partial charge in [0.05, 0.1) is 6.61 Å².